The second-order valence-corrected chi connectivity index (χ2v) is 5.79. The van der Waals surface area contributed by atoms with E-state index < -0.39 is 0 Å². The summed E-state index contributed by atoms with van der Waals surface area (Å²) in [4.78, 5) is 4.49. The van der Waals surface area contributed by atoms with Gasteiger partial charge in [-0.15, -0.1) is 0 Å². The number of hydrogen-bond acceptors (Lipinski definition) is 2. The van der Waals surface area contributed by atoms with Gasteiger partial charge in [-0.25, -0.2) is 0 Å². The molecule has 0 aliphatic carbocycles. The molecule has 1 atom stereocenters. The van der Waals surface area contributed by atoms with Gasteiger partial charge in [0.2, 0.25) is 0 Å². The van der Waals surface area contributed by atoms with Crippen molar-refractivity contribution in [3.8, 4) is 0 Å². The van der Waals surface area contributed by atoms with E-state index in [-0.39, 0.29) is 6.04 Å². The van der Waals surface area contributed by atoms with Crippen LogP contribution >= 0.6 is 0 Å². The monoisotopic (exact) mass is 279 g/mol. The zero-order valence-electron chi connectivity index (χ0n) is 12.6. The molecular formula is C18H21N3. The van der Waals surface area contributed by atoms with E-state index in [4.69, 9.17) is 5.73 Å². The first-order valence-corrected chi connectivity index (χ1v) is 7.37. The first-order valence-electron chi connectivity index (χ1n) is 7.37. The average molecular weight is 279 g/mol. The Morgan fingerprint density at radius 1 is 1.24 bits per heavy atom. The maximum Gasteiger partial charge on any atom is 0.0651 e. The third-order valence-corrected chi connectivity index (χ3v) is 3.83. The molecule has 0 aliphatic rings. The second kappa shape index (κ2) is 5.70. The lowest BCUT2D eigenvalue weighted by Crippen LogP contribution is -2.17. The Hall–Kier alpha value is -2.13. The number of rotatable bonds is 4. The van der Waals surface area contributed by atoms with Crippen molar-refractivity contribution in [2.45, 2.75) is 32.9 Å². The van der Waals surface area contributed by atoms with Gasteiger partial charge in [0.25, 0.3) is 0 Å². The number of aryl methyl sites for hydroxylation is 1. The Balaban J connectivity index is 1.97. The number of nitrogens with two attached hydrogens (primary N) is 1. The fraction of sp³-hybridized carbons (Fsp3) is 0.278. The molecule has 2 heterocycles. The molecule has 3 heteroatoms. The Labute approximate surface area is 125 Å². The number of benzene rings is 1. The number of nitrogens with zero attached hydrogens (tertiary/aromatic N) is 2. The Morgan fingerprint density at radius 3 is 2.86 bits per heavy atom. The topological polar surface area (TPSA) is 43.8 Å². The molecule has 0 amide bonds. The van der Waals surface area contributed by atoms with Crippen molar-refractivity contribution in [3.63, 3.8) is 0 Å². The minimum absolute atomic E-state index is 0.184. The van der Waals surface area contributed by atoms with Gasteiger partial charge in [0.15, 0.2) is 0 Å². The molecule has 3 rings (SSSR count). The number of aromatic nitrogens is 2. The van der Waals surface area contributed by atoms with E-state index in [1.165, 1.54) is 22.0 Å². The summed E-state index contributed by atoms with van der Waals surface area (Å²) < 4.78 is 2.26. The molecule has 0 saturated carbocycles. The third-order valence-electron chi connectivity index (χ3n) is 3.83. The molecule has 0 radical (unpaired) electrons. The predicted octanol–water partition coefficient (Wildman–Crippen LogP) is 3.28. The zero-order valence-corrected chi connectivity index (χ0v) is 12.6. The highest BCUT2D eigenvalue weighted by atomic mass is 15.0. The summed E-state index contributed by atoms with van der Waals surface area (Å²) in [6.45, 7) is 4.95. The van der Waals surface area contributed by atoms with E-state index in [0.717, 1.165) is 18.7 Å². The molecule has 21 heavy (non-hydrogen) atoms. The minimum atomic E-state index is 0.184. The minimum Gasteiger partial charge on any atom is -0.341 e. The van der Waals surface area contributed by atoms with Crippen LogP contribution in [0.1, 0.15) is 23.7 Å². The Bertz CT molecular complexity index is 756. The first-order chi connectivity index (χ1) is 10.1. The van der Waals surface area contributed by atoms with Crippen LogP contribution < -0.4 is 5.73 Å². The van der Waals surface area contributed by atoms with Crippen LogP contribution in [0, 0.1) is 6.92 Å². The van der Waals surface area contributed by atoms with Crippen molar-refractivity contribution in [1.82, 2.24) is 9.55 Å². The van der Waals surface area contributed by atoms with Crippen molar-refractivity contribution < 1.29 is 0 Å². The summed E-state index contributed by atoms with van der Waals surface area (Å²) >= 11 is 0. The highest BCUT2D eigenvalue weighted by molar-refractivity contribution is 5.81. The molecule has 1 aromatic carbocycles. The zero-order chi connectivity index (χ0) is 14.8. The molecule has 2 N–H and O–H groups in total. The quantitative estimate of drug-likeness (QED) is 0.796. The van der Waals surface area contributed by atoms with Gasteiger partial charge in [-0.05, 0) is 55.0 Å². The summed E-state index contributed by atoms with van der Waals surface area (Å²) in [5, 5.41) is 1.26. The van der Waals surface area contributed by atoms with E-state index in [1.807, 2.05) is 19.2 Å². The normalized spacial score (nSPS) is 12.7. The Kier molecular flexibility index (Phi) is 3.76. The SMILES string of the molecule is Cc1cccnc1Cn1ccc2ccc(CC(C)N)cc21. The molecule has 0 aliphatic heterocycles. The van der Waals surface area contributed by atoms with E-state index in [0.29, 0.717) is 0 Å². The van der Waals surface area contributed by atoms with Crippen molar-refractivity contribution in [2.75, 3.05) is 0 Å². The first kappa shape index (κ1) is 13.8. The molecule has 0 fully saturated rings. The fourth-order valence-corrected chi connectivity index (χ4v) is 2.71. The maximum atomic E-state index is 5.91. The summed E-state index contributed by atoms with van der Waals surface area (Å²) in [5.74, 6) is 0. The molecule has 0 saturated heterocycles. The molecule has 108 valence electrons. The molecule has 2 aromatic heterocycles. The lowest BCUT2D eigenvalue weighted by Gasteiger charge is -2.09. The molecule has 3 aromatic rings. The van der Waals surface area contributed by atoms with Crippen LogP contribution in [0.4, 0.5) is 0 Å². The Morgan fingerprint density at radius 2 is 2.10 bits per heavy atom. The van der Waals surface area contributed by atoms with Crippen LogP contribution in [0.25, 0.3) is 10.9 Å². The van der Waals surface area contributed by atoms with Gasteiger partial charge in [0.1, 0.15) is 0 Å². The molecule has 3 nitrogen and oxygen atoms in total. The van der Waals surface area contributed by atoms with E-state index in [9.17, 15) is 0 Å². The van der Waals surface area contributed by atoms with Crippen LogP contribution in [-0.2, 0) is 13.0 Å². The van der Waals surface area contributed by atoms with Gasteiger partial charge in [0, 0.05) is 24.0 Å². The molecule has 0 bridgehead atoms. The molecule has 0 spiro atoms. The van der Waals surface area contributed by atoms with E-state index >= 15 is 0 Å². The van der Waals surface area contributed by atoms with Gasteiger partial charge in [0.05, 0.1) is 12.2 Å². The van der Waals surface area contributed by atoms with Gasteiger partial charge in [-0.1, -0.05) is 18.2 Å². The lowest BCUT2D eigenvalue weighted by atomic mass is 10.1. The van der Waals surface area contributed by atoms with E-state index in [1.54, 1.807) is 0 Å². The van der Waals surface area contributed by atoms with E-state index in [2.05, 4.69) is 53.0 Å². The highest BCUT2D eigenvalue weighted by Crippen LogP contribution is 2.20. The second-order valence-electron chi connectivity index (χ2n) is 5.79. The maximum absolute atomic E-state index is 5.91. The van der Waals surface area contributed by atoms with Crippen molar-refractivity contribution in [2.24, 2.45) is 5.73 Å². The smallest absolute Gasteiger partial charge is 0.0651 e. The molecule has 1 unspecified atom stereocenters. The van der Waals surface area contributed by atoms with Gasteiger partial charge >= 0.3 is 0 Å². The molecular weight excluding hydrogens is 258 g/mol. The van der Waals surface area contributed by atoms with Crippen molar-refractivity contribution in [3.05, 3.63) is 65.6 Å². The van der Waals surface area contributed by atoms with Gasteiger partial charge in [-0.2, -0.15) is 0 Å². The summed E-state index contributed by atoms with van der Waals surface area (Å²) in [6, 6.07) is 13.0. The van der Waals surface area contributed by atoms with Crippen LogP contribution in [0.2, 0.25) is 0 Å². The summed E-state index contributed by atoms with van der Waals surface area (Å²) in [5.41, 5.74) is 10.8. The number of hydrogen-bond donors (Lipinski definition) is 1. The lowest BCUT2D eigenvalue weighted by molar-refractivity contribution is 0.737. The van der Waals surface area contributed by atoms with Gasteiger partial charge in [-0.3, -0.25) is 4.98 Å². The third kappa shape index (κ3) is 2.98. The average Bonchev–Trinajstić information content (AvgIpc) is 2.83. The number of fused-ring (bicyclic) bond motifs is 1. The highest BCUT2D eigenvalue weighted by Gasteiger charge is 2.06. The van der Waals surface area contributed by atoms with Crippen LogP contribution in [0.15, 0.2) is 48.8 Å². The fourth-order valence-electron chi connectivity index (χ4n) is 2.71. The van der Waals surface area contributed by atoms with Crippen molar-refractivity contribution >= 4 is 10.9 Å². The number of pyridine rings is 1. The largest absolute Gasteiger partial charge is 0.341 e. The van der Waals surface area contributed by atoms with Crippen molar-refractivity contribution in [1.29, 1.82) is 0 Å². The van der Waals surface area contributed by atoms with Crippen LogP contribution in [-0.4, -0.2) is 15.6 Å². The van der Waals surface area contributed by atoms with Gasteiger partial charge < -0.3 is 10.3 Å². The predicted molar refractivity (Wildman–Crippen MR) is 87.4 cm³/mol. The summed E-state index contributed by atoms with van der Waals surface area (Å²) in [7, 11) is 0. The van der Waals surface area contributed by atoms with Crippen LogP contribution in [0.5, 0.6) is 0 Å². The summed E-state index contributed by atoms with van der Waals surface area (Å²) in [6.07, 6.45) is 4.90. The van der Waals surface area contributed by atoms with Crippen LogP contribution in [0.3, 0.4) is 0 Å². The standard InChI is InChI=1S/C18H21N3/c1-13-4-3-8-20-17(13)12-21-9-7-16-6-5-15(10-14(2)19)11-18(16)21/h3-9,11,14H,10,12,19H2,1-2H3.